The molecule has 6 nitrogen and oxygen atoms in total. The van der Waals surface area contributed by atoms with Crippen molar-refractivity contribution in [2.75, 3.05) is 5.32 Å². The summed E-state index contributed by atoms with van der Waals surface area (Å²) in [5.74, 6) is 0.414. The molecule has 4 rings (SSSR count). The molecule has 1 atom stereocenters. The number of pyridine rings is 1. The second-order valence-corrected chi connectivity index (χ2v) is 6.14. The maximum absolute atomic E-state index is 12.1. The number of allylic oxidation sites excluding steroid dienone is 2. The van der Waals surface area contributed by atoms with Gasteiger partial charge in [0.2, 0.25) is 5.91 Å². The van der Waals surface area contributed by atoms with Gasteiger partial charge in [-0.15, -0.1) is 0 Å². The summed E-state index contributed by atoms with van der Waals surface area (Å²) in [6.07, 6.45) is 14.4. The maximum Gasteiger partial charge on any atom is 0.225 e. The van der Waals surface area contributed by atoms with Crippen LogP contribution in [0.5, 0.6) is 0 Å². The van der Waals surface area contributed by atoms with Crippen LogP contribution in [0.3, 0.4) is 0 Å². The molecule has 1 aliphatic rings. The number of carbonyl (C=O) groups excluding carboxylic acids is 1. The number of hydrogen-bond donors (Lipinski definition) is 1. The molecule has 1 aliphatic carbocycles. The van der Waals surface area contributed by atoms with Gasteiger partial charge >= 0.3 is 0 Å². The maximum atomic E-state index is 12.1. The van der Waals surface area contributed by atoms with Crippen LogP contribution in [0, 0.1) is 5.92 Å². The molecule has 0 saturated heterocycles. The lowest BCUT2D eigenvalue weighted by atomic mass is 10.1. The summed E-state index contributed by atoms with van der Waals surface area (Å²) in [6, 6.07) is 5.91. The average molecular weight is 321 g/mol. The molecule has 0 fully saturated rings. The smallest absolute Gasteiger partial charge is 0.225 e. The summed E-state index contributed by atoms with van der Waals surface area (Å²) in [7, 11) is 0. The fraction of sp³-hybridized carbons (Fsp3) is 0.278. The van der Waals surface area contributed by atoms with Gasteiger partial charge in [0.15, 0.2) is 0 Å². The number of anilines is 1. The number of nitrogens with zero attached hydrogens (tertiary/aromatic N) is 4. The standard InChI is InChI=1S/C18H19N5O/c24-18(9-14-5-1-2-6-14)21-15-10-19-23(12-15)13-16-11-22-8-4-3-7-17(22)20-16/h1,3-5,7-8,10-12,14H,2,6,9,13H2,(H,21,24)/t14-/m1/s1. The number of hydrogen-bond acceptors (Lipinski definition) is 3. The molecule has 0 aliphatic heterocycles. The van der Waals surface area contributed by atoms with Crippen molar-refractivity contribution in [3.63, 3.8) is 0 Å². The molecule has 0 saturated carbocycles. The Kier molecular flexibility index (Phi) is 3.86. The van der Waals surface area contributed by atoms with Gasteiger partial charge in [-0.25, -0.2) is 4.98 Å². The van der Waals surface area contributed by atoms with Gasteiger partial charge in [-0.2, -0.15) is 5.10 Å². The van der Waals surface area contributed by atoms with E-state index in [2.05, 4.69) is 27.6 Å². The molecule has 3 aromatic rings. The minimum absolute atomic E-state index is 0.0406. The summed E-state index contributed by atoms with van der Waals surface area (Å²) in [5, 5.41) is 7.23. The Bertz CT molecular complexity index is 859. The number of rotatable bonds is 5. The SMILES string of the molecule is O=C(C[C@@H]1C=CCC1)Nc1cnn(Cc2cn3ccccc3n2)c1. The molecule has 3 heterocycles. The summed E-state index contributed by atoms with van der Waals surface area (Å²) in [4.78, 5) is 16.6. The molecule has 0 unspecified atom stereocenters. The van der Waals surface area contributed by atoms with Crippen LogP contribution >= 0.6 is 0 Å². The number of amides is 1. The van der Waals surface area contributed by atoms with E-state index in [0.717, 1.165) is 29.9 Å². The van der Waals surface area contributed by atoms with Crippen molar-refractivity contribution < 1.29 is 4.79 Å². The normalized spacial score (nSPS) is 16.8. The zero-order valence-corrected chi connectivity index (χ0v) is 13.3. The van der Waals surface area contributed by atoms with Gasteiger partial charge in [-0.05, 0) is 30.9 Å². The van der Waals surface area contributed by atoms with Crippen LogP contribution in [0.25, 0.3) is 5.65 Å². The Balaban J connectivity index is 1.39. The molecule has 0 spiro atoms. The Morgan fingerprint density at radius 1 is 1.33 bits per heavy atom. The van der Waals surface area contributed by atoms with Gasteiger partial charge in [-0.3, -0.25) is 9.48 Å². The second kappa shape index (κ2) is 6.31. The van der Waals surface area contributed by atoms with Crippen molar-refractivity contribution in [1.29, 1.82) is 0 Å². The van der Waals surface area contributed by atoms with Gasteiger partial charge in [0.25, 0.3) is 0 Å². The Morgan fingerprint density at radius 3 is 3.12 bits per heavy atom. The van der Waals surface area contributed by atoms with Crippen LogP contribution in [0.2, 0.25) is 0 Å². The molecule has 6 heteroatoms. The third kappa shape index (κ3) is 3.22. The van der Waals surface area contributed by atoms with E-state index >= 15 is 0 Å². The highest BCUT2D eigenvalue weighted by molar-refractivity contribution is 5.90. The zero-order valence-electron chi connectivity index (χ0n) is 13.3. The Labute approximate surface area is 139 Å². The first-order valence-electron chi connectivity index (χ1n) is 8.18. The minimum Gasteiger partial charge on any atom is -0.323 e. The first-order chi connectivity index (χ1) is 11.8. The molecule has 0 radical (unpaired) electrons. The molecular formula is C18H19N5O. The average Bonchev–Trinajstić information content (AvgIpc) is 3.28. The van der Waals surface area contributed by atoms with E-state index in [4.69, 9.17) is 0 Å². The topological polar surface area (TPSA) is 64.2 Å². The van der Waals surface area contributed by atoms with E-state index in [-0.39, 0.29) is 5.91 Å². The number of fused-ring (bicyclic) bond motifs is 1. The van der Waals surface area contributed by atoms with Gasteiger partial charge in [0, 0.05) is 25.0 Å². The predicted molar refractivity (Wildman–Crippen MR) is 91.6 cm³/mol. The number of aromatic nitrogens is 4. The first-order valence-corrected chi connectivity index (χ1v) is 8.18. The molecule has 0 aromatic carbocycles. The van der Waals surface area contributed by atoms with Gasteiger partial charge in [0.1, 0.15) is 5.65 Å². The molecule has 1 amide bonds. The number of imidazole rings is 1. The number of carbonyl (C=O) groups is 1. The van der Waals surface area contributed by atoms with E-state index in [1.807, 2.05) is 41.2 Å². The van der Waals surface area contributed by atoms with Crippen molar-refractivity contribution in [1.82, 2.24) is 19.2 Å². The van der Waals surface area contributed by atoms with Crippen LogP contribution in [0.15, 0.2) is 55.1 Å². The highest BCUT2D eigenvalue weighted by atomic mass is 16.1. The fourth-order valence-corrected chi connectivity index (χ4v) is 3.06. The highest BCUT2D eigenvalue weighted by Gasteiger charge is 2.14. The lowest BCUT2D eigenvalue weighted by molar-refractivity contribution is -0.116. The predicted octanol–water partition coefficient (Wildman–Crippen LogP) is 2.87. The molecular weight excluding hydrogens is 302 g/mol. The second-order valence-electron chi connectivity index (χ2n) is 6.14. The Morgan fingerprint density at radius 2 is 2.29 bits per heavy atom. The molecule has 1 N–H and O–H groups in total. The van der Waals surface area contributed by atoms with E-state index in [1.54, 1.807) is 10.9 Å². The number of nitrogens with one attached hydrogen (secondary N) is 1. The van der Waals surface area contributed by atoms with Crippen LogP contribution in [-0.2, 0) is 11.3 Å². The summed E-state index contributed by atoms with van der Waals surface area (Å²) < 4.78 is 3.77. The molecule has 122 valence electrons. The summed E-state index contributed by atoms with van der Waals surface area (Å²) >= 11 is 0. The van der Waals surface area contributed by atoms with Gasteiger partial charge in [-0.1, -0.05) is 18.2 Å². The highest BCUT2D eigenvalue weighted by Crippen LogP contribution is 2.21. The van der Waals surface area contributed by atoms with Crippen LogP contribution in [-0.4, -0.2) is 25.1 Å². The third-order valence-electron chi connectivity index (χ3n) is 4.21. The largest absolute Gasteiger partial charge is 0.323 e. The zero-order chi connectivity index (χ0) is 16.4. The van der Waals surface area contributed by atoms with E-state index in [1.165, 1.54) is 0 Å². The first kappa shape index (κ1) is 14.7. The lowest BCUT2D eigenvalue weighted by Crippen LogP contribution is -2.14. The van der Waals surface area contributed by atoms with Crippen LogP contribution in [0.4, 0.5) is 5.69 Å². The van der Waals surface area contributed by atoms with Crippen LogP contribution in [0.1, 0.15) is 25.0 Å². The lowest BCUT2D eigenvalue weighted by Gasteiger charge is -2.06. The van der Waals surface area contributed by atoms with Crippen molar-refractivity contribution in [2.24, 2.45) is 5.92 Å². The van der Waals surface area contributed by atoms with Crippen molar-refractivity contribution >= 4 is 17.2 Å². The monoisotopic (exact) mass is 321 g/mol. The minimum atomic E-state index is 0.0406. The fourth-order valence-electron chi connectivity index (χ4n) is 3.06. The molecule has 0 bridgehead atoms. The van der Waals surface area contributed by atoms with Gasteiger partial charge in [0.05, 0.1) is 24.1 Å². The summed E-state index contributed by atoms with van der Waals surface area (Å²) in [6.45, 7) is 0.572. The van der Waals surface area contributed by atoms with Crippen LogP contribution < -0.4 is 5.32 Å². The molecule has 24 heavy (non-hydrogen) atoms. The van der Waals surface area contributed by atoms with Crippen molar-refractivity contribution in [3.05, 3.63) is 60.8 Å². The third-order valence-corrected chi connectivity index (χ3v) is 4.21. The van der Waals surface area contributed by atoms with E-state index < -0.39 is 0 Å². The molecule has 3 aromatic heterocycles. The van der Waals surface area contributed by atoms with E-state index in [9.17, 15) is 4.79 Å². The van der Waals surface area contributed by atoms with E-state index in [0.29, 0.717) is 18.9 Å². The van der Waals surface area contributed by atoms with Crippen molar-refractivity contribution in [2.45, 2.75) is 25.8 Å². The Hall–Kier alpha value is -2.89. The quantitative estimate of drug-likeness (QED) is 0.735. The van der Waals surface area contributed by atoms with Crippen molar-refractivity contribution in [3.8, 4) is 0 Å². The van der Waals surface area contributed by atoms with Gasteiger partial charge < -0.3 is 9.72 Å². The summed E-state index contributed by atoms with van der Waals surface area (Å²) in [5.41, 5.74) is 2.57.